The molecule has 0 saturated heterocycles. The molecule has 0 radical (unpaired) electrons. The quantitative estimate of drug-likeness (QED) is 0.698. The molecule has 11 heavy (non-hydrogen) atoms. The second-order valence-corrected chi connectivity index (χ2v) is 3.19. The van der Waals surface area contributed by atoms with Gasteiger partial charge in [-0.1, -0.05) is 11.6 Å². The zero-order valence-electron chi connectivity index (χ0n) is 5.44. The lowest BCUT2D eigenvalue weighted by molar-refractivity contribution is 1.47. The number of rotatable bonds is 0. The summed E-state index contributed by atoms with van der Waals surface area (Å²) in [4.78, 5) is 0. The average molecular weight is 231 g/mol. The maximum atomic E-state index is 8.59. The number of benzene rings is 1. The Morgan fingerprint density at radius 1 is 1.55 bits per heavy atom. The van der Waals surface area contributed by atoms with Crippen LogP contribution in [0.3, 0.4) is 0 Å². The van der Waals surface area contributed by atoms with E-state index < -0.39 is 0 Å². The summed E-state index contributed by atoms with van der Waals surface area (Å²) >= 11 is 8.86. The van der Waals surface area contributed by atoms with Crippen LogP contribution in [0.25, 0.3) is 0 Å². The largest absolute Gasteiger partial charge is 0.397 e. The van der Waals surface area contributed by atoms with Crippen molar-refractivity contribution in [3.05, 3.63) is 27.2 Å². The summed E-state index contributed by atoms with van der Waals surface area (Å²) in [6.07, 6.45) is 0. The van der Waals surface area contributed by atoms with Gasteiger partial charge in [0.2, 0.25) is 0 Å². The van der Waals surface area contributed by atoms with Gasteiger partial charge in [-0.05, 0) is 28.1 Å². The monoisotopic (exact) mass is 230 g/mol. The maximum absolute atomic E-state index is 8.59. The molecule has 0 aromatic heterocycles. The van der Waals surface area contributed by atoms with Crippen LogP contribution in [0.1, 0.15) is 5.56 Å². The van der Waals surface area contributed by atoms with Crippen LogP contribution in [-0.2, 0) is 0 Å². The highest BCUT2D eigenvalue weighted by molar-refractivity contribution is 9.10. The van der Waals surface area contributed by atoms with Crippen LogP contribution >= 0.6 is 27.5 Å². The average Bonchev–Trinajstić information content (AvgIpc) is 1.99. The molecule has 2 nitrogen and oxygen atoms in total. The highest BCUT2D eigenvalue weighted by atomic mass is 79.9. The number of halogens is 2. The summed E-state index contributed by atoms with van der Waals surface area (Å²) in [5, 5.41) is 8.97. The first-order valence-corrected chi connectivity index (χ1v) is 3.97. The first-order valence-electron chi connectivity index (χ1n) is 2.80. The number of hydrogen-bond donors (Lipinski definition) is 1. The molecule has 2 N–H and O–H groups in total. The fraction of sp³-hybridized carbons (Fsp3) is 0. The lowest BCUT2D eigenvalue weighted by atomic mass is 10.2. The molecule has 56 valence electrons. The van der Waals surface area contributed by atoms with Crippen LogP contribution in [0.4, 0.5) is 5.69 Å². The van der Waals surface area contributed by atoms with E-state index in [-0.39, 0.29) is 0 Å². The van der Waals surface area contributed by atoms with E-state index in [1.807, 2.05) is 6.07 Å². The molecule has 0 bridgehead atoms. The van der Waals surface area contributed by atoms with E-state index in [0.717, 1.165) is 0 Å². The van der Waals surface area contributed by atoms with Gasteiger partial charge >= 0.3 is 0 Å². The lowest BCUT2D eigenvalue weighted by Crippen LogP contribution is -1.91. The summed E-state index contributed by atoms with van der Waals surface area (Å²) < 4.78 is 0.693. The van der Waals surface area contributed by atoms with Crippen LogP contribution in [-0.4, -0.2) is 0 Å². The van der Waals surface area contributed by atoms with Crippen molar-refractivity contribution < 1.29 is 0 Å². The summed E-state index contributed by atoms with van der Waals surface area (Å²) in [5.41, 5.74) is 6.25. The second-order valence-electron chi connectivity index (χ2n) is 1.93. The number of nitriles is 1. The SMILES string of the molecule is N#Cc1c(Cl)ccc(Br)c1N. The number of nitrogens with two attached hydrogens (primary N) is 1. The first kappa shape index (κ1) is 8.38. The standard InChI is InChI=1S/C7H4BrClN2/c8-5-1-2-6(9)4(3-10)7(5)11/h1-2H,11H2. The molecular formula is C7H4BrClN2. The molecule has 0 fully saturated rings. The minimum absolute atomic E-state index is 0.320. The van der Waals surface area contributed by atoms with Gasteiger partial charge in [0, 0.05) is 4.47 Å². The molecule has 0 aliphatic rings. The second kappa shape index (κ2) is 3.12. The molecule has 4 heteroatoms. The molecule has 0 atom stereocenters. The lowest BCUT2D eigenvalue weighted by Gasteiger charge is -2.00. The van der Waals surface area contributed by atoms with E-state index in [1.165, 1.54) is 0 Å². The molecule has 1 aromatic rings. The zero-order chi connectivity index (χ0) is 8.43. The Labute approximate surface area is 77.7 Å². The van der Waals surface area contributed by atoms with Gasteiger partial charge in [0.1, 0.15) is 6.07 Å². The summed E-state index contributed by atoms with van der Waals surface area (Å²) in [7, 11) is 0. The van der Waals surface area contributed by atoms with Crippen LogP contribution < -0.4 is 5.73 Å². The van der Waals surface area contributed by atoms with Crippen molar-refractivity contribution in [1.82, 2.24) is 0 Å². The van der Waals surface area contributed by atoms with Crippen LogP contribution in [0.15, 0.2) is 16.6 Å². The van der Waals surface area contributed by atoms with Gasteiger partial charge in [-0.2, -0.15) is 5.26 Å². The third-order valence-electron chi connectivity index (χ3n) is 1.25. The molecule has 0 aliphatic heterocycles. The fourth-order valence-electron chi connectivity index (χ4n) is 0.681. The van der Waals surface area contributed by atoms with Crippen molar-refractivity contribution in [2.24, 2.45) is 0 Å². The summed E-state index contributed by atoms with van der Waals surface area (Å²) in [5.74, 6) is 0. The number of hydrogen-bond acceptors (Lipinski definition) is 2. The van der Waals surface area contributed by atoms with E-state index >= 15 is 0 Å². The Kier molecular flexibility index (Phi) is 2.38. The predicted octanol–water partition coefficient (Wildman–Crippen LogP) is 2.56. The van der Waals surface area contributed by atoms with Crippen LogP contribution in [0, 0.1) is 11.3 Å². The molecule has 0 aliphatic carbocycles. The maximum Gasteiger partial charge on any atom is 0.103 e. The highest BCUT2D eigenvalue weighted by Gasteiger charge is 2.05. The Balaban J connectivity index is 3.44. The zero-order valence-corrected chi connectivity index (χ0v) is 7.78. The third-order valence-corrected chi connectivity index (χ3v) is 2.26. The van der Waals surface area contributed by atoms with Gasteiger partial charge in [0.25, 0.3) is 0 Å². The summed E-state index contributed by atoms with van der Waals surface area (Å²) in [6, 6.07) is 5.25. The van der Waals surface area contributed by atoms with Crippen molar-refractivity contribution in [2.45, 2.75) is 0 Å². The molecule has 0 amide bonds. The van der Waals surface area contributed by atoms with E-state index in [0.29, 0.717) is 20.7 Å². The van der Waals surface area contributed by atoms with Gasteiger partial charge in [0.15, 0.2) is 0 Å². The Morgan fingerprint density at radius 3 is 2.64 bits per heavy atom. The normalized spacial score (nSPS) is 9.18. The smallest absolute Gasteiger partial charge is 0.103 e. The van der Waals surface area contributed by atoms with Crippen molar-refractivity contribution in [2.75, 3.05) is 5.73 Å². The van der Waals surface area contributed by atoms with Crippen molar-refractivity contribution in [3.8, 4) is 6.07 Å². The van der Waals surface area contributed by atoms with Crippen molar-refractivity contribution >= 4 is 33.2 Å². The van der Waals surface area contributed by atoms with E-state index in [2.05, 4.69) is 15.9 Å². The molecule has 1 rings (SSSR count). The molecule has 0 unspecified atom stereocenters. The topological polar surface area (TPSA) is 49.8 Å². The summed E-state index contributed by atoms with van der Waals surface area (Å²) in [6.45, 7) is 0. The van der Waals surface area contributed by atoms with Gasteiger partial charge in [-0.25, -0.2) is 0 Å². The number of nitrogen functional groups attached to an aromatic ring is 1. The molecule has 0 saturated carbocycles. The minimum Gasteiger partial charge on any atom is -0.397 e. The van der Waals surface area contributed by atoms with Crippen molar-refractivity contribution in [1.29, 1.82) is 5.26 Å². The Hall–Kier alpha value is -0.720. The highest BCUT2D eigenvalue weighted by Crippen LogP contribution is 2.28. The predicted molar refractivity (Wildman–Crippen MR) is 48.3 cm³/mol. The first-order chi connectivity index (χ1) is 5.16. The van der Waals surface area contributed by atoms with E-state index in [9.17, 15) is 0 Å². The molecule has 0 spiro atoms. The third kappa shape index (κ3) is 1.47. The van der Waals surface area contributed by atoms with E-state index in [4.69, 9.17) is 22.6 Å². The number of nitrogens with zero attached hydrogens (tertiary/aromatic N) is 1. The van der Waals surface area contributed by atoms with Gasteiger partial charge in [0.05, 0.1) is 16.3 Å². The Bertz CT molecular complexity index is 330. The van der Waals surface area contributed by atoms with Crippen molar-refractivity contribution in [3.63, 3.8) is 0 Å². The fourth-order valence-corrected chi connectivity index (χ4v) is 1.22. The van der Waals surface area contributed by atoms with E-state index in [1.54, 1.807) is 12.1 Å². The molecule has 0 heterocycles. The number of anilines is 1. The van der Waals surface area contributed by atoms with Crippen LogP contribution in [0.5, 0.6) is 0 Å². The molecular weight excluding hydrogens is 227 g/mol. The molecule has 1 aromatic carbocycles. The Morgan fingerprint density at radius 2 is 2.18 bits per heavy atom. The van der Waals surface area contributed by atoms with Gasteiger partial charge in [-0.3, -0.25) is 0 Å². The van der Waals surface area contributed by atoms with Gasteiger partial charge < -0.3 is 5.73 Å². The van der Waals surface area contributed by atoms with Gasteiger partial charge in [-0.15, -0.1) is 0 Å². The minimum atomic E-state index is 0.320. The van der Waals surface area contributed by atoms with Crippen LogP contribution in [0.2, 0.25) is 5.02 Å².